The second kappa shape index (κ2) is 7.46. The molecule has 0 amide bonds. The van der Waals surface area contributed by atoms with E-state index in [4.69, 9.17) is 0 Å². The Morgan fingerprint density at radius 3 is 2.14 bits per heavy atom. The minimum Gasteiger partial charge on any atom is -0.311 e. The van der Waals surface area contributed by atoms with Crippen LogP contribution in [-0.4, -0.2) is 36.1 Å². The molecule has 4 unspecified atom stereocenters. The van der Waals surface area contributed by atoms with Crippen LogP contribution in [0.15, 0.2) is 0 Å². The summed E-state index contributed by atoms with van der Waals surface area (Å²) in [5.41, 5.74) is 0. The zero-order valence-corrected chi connectivity index (χ0v) is 15.2. The third-order valence-electron chi connectivity index (χ3n) is 5.62. The highest BCUT2D eigenvalue weighted by molar-refractivity contribution is 4.94. The van der Waals surface area contributed by atoms with Crippen molar-refractivity contribution in [2.24, 2.45) is 23.7 Å². The smallest absolute Gasteiger partial charge is 0.0247 e. The summed E-state index contributed by atoms with van der Waals surface area (Å²) in [6, 6.07) is 2.26. The molecule has 1 aliphatic carbocycles. The van der Waals surface area contributed by atoms with E-state index >= 15 is 0 Å². The van der Waals surface area contributed by atoms with Crippen LogP contribution < -0.4 is 5.32 Å². The summed E-state index contributed by atoms with van der Waals surface area (Å²) in [5, 5.41) is 3.83. The van der Waals surface area contributed by atoms with Crippen LogP contribution in [0.25, 0.3) is 0 Å². The summed E-state index contributed by atoms with van der Waals surface area (Å²) >= 11 is 0. The minimum absolute atomic E-state index is 0.701. The highest BCUT2D eigenvalue weighted by Crippen LogP contribution is 2.34. The lowest BCUT2D eigenvalue weighted by Gasteiger charge is -2.49. The third kappa shape index (κ3) is 4.69. The van der Waals surface area contributed by atoms with Crippen molar-refractivity contribution in [3.63, 3.8) is 0 Å². The molecule has 2 nitrogen and oxygen atoms in total. The maximum absolute atomic E-state index is 3.83. The van der Waals surface area contributed by atoms with Gasteiger partial charge in [-0.05, 0) is 49.4 Å². The summed E-state index contributed by atoms with van der Waals surface area (Å²) in [6.07, 6.45) is 5.59. The molecule has 124 valence electrons. The third-order valence-corrected chi connectivity index (χ3v) is 5.62. The van der Waals surface area contributed by atoms with E-state index in [1.54, 1.807) is 0 Å². The fourth-order valence-electron chi connectivity index (χ4n) is 4.80. The molecule has 0 aromatic carbocycles. The SMILES string of the molecule is CC(C)CC1CN(C2CC(C)CC(C)C2)C(C(C)C)CN1. The first-order chi connectivity index (χ1) is 9.86. The molecule has 1 saturated heterocycles. The van der Waals surface area contributed by atoms with Gasteiger partial charge in [-0.1, -0.05) is 41.5 Å². The lowest BCUT2D eigenvalue weighted by atomic mass is 9.78. The Bertz CT molecular complexity index is 303. The molecule has 2 aliphatic rings. The van der Waals surface area contributed by atoms with Gasteiger partial charge < -0.3 is 5.32 Å². The van der Waals surface area contributed by atoms with Crippen molar-refractivity contribution >= 4 is 0 Å². The van der Waals surface area contributed by atoms with Gasteiger partial charge in [0.05, 0.1) is 0 Å². The van der Waals surface area contributed by atoms with Crippen LogP contribution >= 0.6 is 0 Å². The Hall–Kier alpha value is -0.0800. The Balaban J connectivity index is 2.06. The van der Waals surface area contributed by atoms with Crippen LogP contribution in [0, 0.1) is 23.7 Å². The average molecular weight is 295 g/mol. The highest BCUT2D eigenvalue weighted by atomic mass is 15.3. The van der Waals surface area contributed by atoms with Gasteiger partial charge in [-0.2, -0.15) is 0 Å². The van der Waals surface area contributed by atoms with Gasteiger partial charge >= 0.3 is 0 Å². The van der Waals surface area contributed by atoms with Gasteiger partial charge in [0.15, 0.2) is 0 Å². The first-order valence-corrected chi connectivity index (χ1v) is 9.35. The molecule has 1 aliphatic heterocycles. The van der Waals surface area contributed by atoms with E-state index in [0.29, 0.717) is 6.04 Å². The summed E-state index contributed by atoms with van der Waals surface area (Å²) in [4.78, 5) is 2.90. The molecule has 0 spiro atoms. The normalized spacial score (nSPS) is 39.1. The Labute approximate surface area is 133 Å². The molecule has 0 aromatic heterocycles. The molecule has 2 rings (SSSR count). The van der Waals surface area contributed by atoms with Gasteiger partial charge in [0.2, 0.25) is 0 Å². The van der Waals surface area contributed by atoms with Gasteiger partial charge in [0.25, 0.3) is 0 Å². The first kappa shape index (κ1) is 17.3. The van der Waals surface area contributed by atoms with E-state index in [1.165, 1.54) is 38.8 Å². The molecule has 1 heterocycles. The standard InChI is InChI=1S/C19H38N2/c1-13(2)7-17-12-21(19(11-20-17)14(3)4)18-9-15(5)8-16(6)10-18/h13-20H,7-12H2,1-6H3. The van der Waals surface area contributed by atoms with Crippen molar-refractivity contribution in [1.29, 1.82) is 0 Å². The highest BCUT2D eigenvalue weighted by Gasteiger charge is 2.37. The Kier molecular flexibility index (Phi) is 6.14. The number of rotatable bonds is 4. The maximum atomic E-state index is 3.83. The number of nitrogens with zero attached hydrogens (tertiary/aromatic N) is 1. The zero-order chi connectivity index (χ0) is 15.6. The monoisotopic (exact) mass is 294 g/mol. The molecule has 21 heavy (non-hydrogen) atoms. The largest absolute Gasteiger partial charge is 0.311 e. The lowest BCUT2D eigenvalue weighted by molar-refractivity contribution is 0.0167. The van der Waals surface area contributed by atoms with Crippen molar-refractivity contribution in [3.8, 4) is 0 Å². The van der Waals surface area contributed by atoms with Crippen LogP contribution in [0.1, 0.15) is 67.2 Å². The van der Waals surface area contributed by atoms with E-state index < -0.39 is 0 Å². The number of nitrogens with one attached hydrogen (secondary N) is 1. The molecule has 0 aromatic rings. The quantitative estimate of drug-likeness (QED) is 0.837. The second-order valence-electron chi connectivity index (χ2n) is 8.81. The van der Waals surface area contributed by atoms with Crippen molar-refractivity contribution < 1.29 is 0 Å². The fraction of sp³-hybridized carbons (Fsp3) is 1.00. The van der Waals surface area contributed by atoms with Gasteiger partial charge in [0.1, 0.15) is 0 Å². The molecule has 0 bridgehead atoms. The van der Waals surface area contributed by atoms with E-state index in [2.05, 4.69) is 51.8 Å². The van der Waals surface area contributed by atoms with Crippen LogP contribution in [0.2, 0.25) is 0 Å². The summed E-state index contributed by atoms with van der Waals surface area (Å²) in [5.74, 6) is 3.36. The number of piperazine rings is 1. The lowest BCUT2D eigenvalue weighted by Crippen LogP contribution is -2.62. The van der Waals surface area contributed by atoms with Crippen molar-refractivity contribution in [2.75, 3.05) is 13.1 Å². The van der Waals surface area contributed by atoms with Crippen LogP contribution in [0.4, 0.5) is 0 Å². The second-order valence-corrected chi connectivity index (χ2v) is 8.81. The van der Waals surface area contributed by atoms with Crippen LogP contribution in [0.5, 0.6) is 0 Å². The molecular formula is C19H38N2. The molecule has 0 radical (unpaired) electrons. The van der Waals surface area contributed by atoms with Crippen molar-refractivity contribution in [2.45, 2.75) is 85.4 Å². The predicted octanol–water partition coefficient (Wildman–Crippen LogP) is 4.16. The summed E-state index contributed by atoms with van der Waals surface area (Å²) in [7, 11) is 0. The number of hydrogen-bond acceptors (Lipinski definition) is 2. The van der Waals surface area contributed by atoms with E-state index in [1.807, 2.05) is 0 Å². The Morgan fingerprint density at radius 2 is 1.62 bits per heavy atom. The summed E-state index contributed by atoms with van der Waals surface area (Å²) < 4.78 is 0. The van der Waals surface area contributed by atoms with Crippen LogP contribution in [0.3, 0.4) is 0 Å². The van der Waals surface area contributed by atoms with E-state index in [0.717, 1.165) is 35.8 Å². The number of hydrogen-bond donors (Lipinski definition) is 1. The van der Waals surface area contributed by atoms with Gasteiger partial charge in [-0.25, -0.2) is 0 Å². The zero-order valence-electron chi connectivity index (χ0n) is 15.2. The molecule has 1 N–H and O–H groups in total. The molecule has 4 atom stereocenters. The van der Waals surface area contributed by atoms with Gasteiger partial charge in [-0.3, -0.25) is 4.90 Å². The van der Waals surface area contributed by atoms with E-state index in [-0.39, 0.29) is 0 Å². The first-order valence-electron chi connectivity index (χ1n) is 9.35. The topological polar surface area (TPSA) is 15.3 Å². The van der Waals surface area contributed by atoms with Gasteiger partial charge in [0, 0.05) is 31.2 Å². The Morgan fingerprint density at radius 1 is 1.00 bits per heavy atom. The van der Waals surface area contributed by atoms with Gasteiger partial charge in [-0.15, -0.1) is 0 Å². The molecule has 1 saturated carbocycles. The predicted molar refractivity (Wildman–Crippen MR) is 92.5 cm³/mol. The molecule has 2 fully saturated rings. The van der Waals surface area contributed by atoms with E-state index in [9.17, 15) is 0 Å². The molecular weight excluding hydrogens is 256 g/mol. The minimum atomic E-state index is 0.701. The maximum Gasteiger partial charge on any atom is 0.0247 e. The van der Waals surface area contributed by atoms with Crippen molar-refractivity contribution in [3.05, 3.63) is 0 Å². The average Bonchev–Trinajstić information content (AvgIpc) is 2.36. The van der Waals surface area contributed by atoms with Crippen molar-refractivity contribution in [1.82, 2.24) is 10.2 Å². The molecule has 2 heteroatoms. The van der Waals surface area contributed by atoms with Crippen LogP contribution in [-0.2, 0) is 0 Å². The fourth-order valence-corrected chi connectivity index (χ4v) is 4.80. The summed E-state index contributed by atoms with van der Waals surface area (Å²) in [6.45, 7) is 16.9.